The first-order valence-electron chi connectivity index (χ1n) is 5.94. The lowest BCUT2D eigenvalue weighted by atomic mass is 10.3. The van der Waals surface area contributed by atoms with Gasteiger partial charge in [-0.1, -0.05) is 22.4 Å². The molecule has 1 aromatic rings. The molecular formula is C12H15Br2NO2S2. The van der Waals surface area contributed by atoms with Gasteiger partial charge in [0.05, 0.1) is 4.90 Å². The molecule has 1 fully saturated rings. The number of hydrogen-bond acceptors (Lipinski definition) is 3. The van der Waals surface area contributed by atoms with Crippen LogP contribution < -0.4 is 4.72 Å². The molecule has 0 bridgehead atoms. The van der Waals surface area contributed by atoms with Gasteiger partial charge in [-0.2, -0.15) is 11.8 Å². The number of thioether (sulfide) groups is 1. The lowest BCUT2D eigenvalue weighted by molar-refractivity contribution is 0.555. The van der Waals surface area contributed by atoms with Gasteiger partial charge in [-0.15, -0.1) is 0 Å². The second-order valence-electron chi connectivity index (χ2n) is 4.51. The van der Waals surface area contributed by atoms with Crippen molar-refractivity contribution in [1.29, 1.82) is 0 Å². The van der Waals surface area contributed by atoms with E-state index in [-0.39, 0.29) is 6.04 Å². The Hall–Kier alpha value is 0.440. The molecule has 1 aromatic carbocycles. The quantitative estimate of drug-likeness (QED) is 0.793. The van der Waals surface area contributed by atoms with Crippen LogP contribution in [0, 0.1) is 0 Å². The minimum Gasteiger partial charge on any atom is -0.207 e. The first-order valence-corrected chi connectivity index (χ1v) is 10.3. The Balaban J connectivity index is 2.23. The molecule has 1 saturated carbocycles. The van der Waals surface area contributed by atoms with E-state index in [4.69, 9.17) is 0 Å². The zero-order chi connectivity index (χ0) is 14.0. The average molecular weight is 429 g/mol. The summed E-state index contributed by atoms with van der Waals surface area (Å²) in [6.45, 7) is 0. The maximum atomic E-state index is 12.4. The lowest BCUT2D eigenvalue weighted by Gasteiger charge is -2.19. The average Bonchev–Trinajstić information content (AvgIpc) is 2.74. The summed E-state index contributed by atoms with van der Waals surface area (Å²) >= 11 is 8.37. The summed E-state index contributed by atoms with van der Waals surface area (Å²) in [5, 5.41) is 0.379. The summed E-state index contributed by atoms with van der Waals surface area (Å²) in [5.74, 6) is 0. The molecule has 0 radical (unpaired) electrons. The Labute approximate surface area is 135 Å². The Morgan fingerprint density at radius 1 is 1.32 bits per heavy atom. The Bertz CT molecular complexity index is 563. The summed E-state index contributed by atoms with van der Waals surface area (Å²) < 4.78 is 29.1. The molecule has 0 amide bonds. The van der Waals surface area contributed by atoms with Crippen LogP contribution in [0.1, 0.15) is 19.3 Å². The summed E-state index contributed by atoms with van der Waals surface area (Å²) in [4.78, 5) is 0.294. The monoisotopic (exact) mass is 427 g/mol. The van der Waals surface area contributed by atoms with Crippen molar-refractivity contribution in [3.63, 3.8) is 0 Å². The number of hydrogen-bond donors (Lipinski definition) is 1. The van der Waals surface area contributed by atoms with Crippen LogP contribution in [0.3, 0.4) is 0 Å². The van der Waals surface area contributed by atoms with E-state index in [9.17, 15) is 8.42 Å². The summed E-state index contributed by atoms with van der Waals surface area (Å²) in [5.41, 5.74) is 0. The van der Waals surface area contributed by atoms with Gasteiger partial charge >= 0.3 is 0 Å². The zero-order valence-corrected chi connectivity index (χ0v) is 15.2. The van der Waals surface area contributed by atoms with Crippen molar-refractivity contribution in [3.05, 3.63) is 27.1 Å². The first kappa shape index (κ1) is 15.8. The first-order chi connectivity index (χ1) is 8.94. The summed E-state index contributed by atoms with van der Waals surface area (Å²) in [6.07, 6.45) is 5.11. The van der Waals surface area contributed by atoms with Crippen molar-refractivity contribution in [2.75, 3.05) is 6.26 Å². The van der Waals surface area contributed by atoms with Crippen molar-refractivity contribution in [1.82, 2.24) is 4.72 Å². The normalized spacial score (nSPS) is 23.7. The summed E-state index contributed by atoms with van der Waals surface area (Å²) in [7, 11) is -3.47. The van der Waals surface area contributed by atoms with Crippen LogP contribution >= 0.6 is 43.6 Å². The predicted octanol–water partition coefficient (Wildman–Crippen LogP) is 3.77. The van der Waals surface area contributed by atoms with Gasteiger partial charge in [0.1, 0.15) is 0 Å². The highest BCUT2D eigenvalue weighted by atomic mass is 79.9. The Morgan fingerprint density at radius 3 is 2.68 bits per heavy atom. The van der Waals surface area contributed by atoms with Crippen LogP contribution in [0.5, 0.6) is 0 Å². The number of rotatable bonds is 4. The largest absolute Gasteiger partial charge is 0.241 e. The van der Waals surface area contributed by atoms with E-state index in [0.717, 1.165) is 23.7 Å². The third-order valence-corrected chi connectivity index (χ3v) is 7.37. The van der Waals surface area contributed by atoms with Crippen LogP contribution in [0.4, 0.5) is 0 Å². The topological polar surface area (TPSA) is 46.2 Å². The number of benzene rings is 1. The highest BCUT2D eigenvalue weighted by Crippen LogP contribution is 2.31. The second kappa shape index (κ2) is 6.47. The SMILES string of the molecule is CSC1CCCC1NS(=O)(=O)c1ccc(Br)cc1Br. The standard InChI is InChI=1S/C12H15Br2NO2S2/c1-18-11-4-2-3-10(11)15-19(16,17)12-6-5-8(13)7-9(12)14/h5-7,10-11,15H,2-4H2,1H3. The maximum absolute atomic E-state index is 12.4. The highest BCUT2D eigenvalue weighted by molar-refractivity contribution is 9.11. The van der Waals surface area contributed by atoms with Crippen molar-refractivity contribution >= 4 is 53.6 Å². The van der Waals surface area contributed by atoms with Crippen LogP contribution in [0.2, 0.25) is 0 Å². The third-order valence-electron chi connectivity index (χ3n) is 3.25. The van der Waals surface area contributed by atoms with Crippen LogP contribution in [0.25, 0.3) is 0 Å². The van der Waals surface area contributed by atoms with Gasteiger partial charge in [0.15, 0.2) is 0 Å². The van der Waals surface area contributed by atoms with Crippen molar-refractivity contribution in [2.45, 2.75) is 35.4 Å². The molecule has 2 rings (SSSR count). The Morgan fingerprint density at radius 2 is 2.05 bits per heavy atom. The molecule has 7 heteroatoms. The third kappa shape index (κ3) is 3.75. The van der Waals surface area contributed by atoms with Crippen molar-refractivity contribution < 1.29 is 8.42 Å². The summed E-state index contributed by atoms with van der Waals surface area (Å²) in [6, 6.07) is 5.13. The highest BCUT2D eigenvalue weighted by Gasteiger charge is 2.31. The van der Waals surface area contributed by atoms with Gasteiger partial charge in [-0.25, -0.2) is 13.1 Å². The van der Waals surface area contributed by atoms with Crippen LogP contribution in [-0.2, 0) is 10.0 Å². The number of sulfonamides is 1. The molecule has 19 heavy (non-hydrogen) atoms. The molecule has 0 aliphatic heterocycles. The molecule has 1 N–H and O–H groups in total. The van der Waals surface area contributed by atoms with Crippen LogP contribution in [0.15, 0.2) is 32.0 Å². The van der Waals surface area contributed by atoms with E-state index in [0.29, 0.717) is 14.6 Å². The second-order valence-corrected chi connectivity index (χ2v) is 9.04. The molecule has 1 aliphatic rings. The number of nitrogens with one attached hydrogen (secondary N) is 1. The van der Waals surface area contributed by atoms with Gasteiger partial charge in [-0.05, 0) is 53.2 Å². The van der Waals surface area contributed by atoms with E-state index in [1.807, 2.05) is 6.26 Å². The molecule has 0 heterocycles. The fourth-order valence-corrected chi connectivity index (χ4v) is 6.38. The fraction of sp³-hybridized carbons (Fsp3) is 0.500. The van der Waals surface area contributed by atoms with Crippen molar-refractivity contribution in [3.8, 4) is 0 Å². The van der Waals surface area contributed by atoms with Gasteiger partial charge in [0.25, 0.3) is 0 Å². The van der Waals surface area contributed by atoms with E-state index >= 15 is 0 Å². The molecular weight excluding hydrogens is 414 g/mol. The maximum Gasteiger partial charge on any atom is 0.241 e. The predicted molar refractivity (Wildman–Crippen MR) is 87.1 cm³/mol. The van der Waals surface area contributed by atoms with Gasteiger partial charge in [-0.3, -0.25) is 0 Å². The molecule has 2 atom stereocenters. The molecule has 106 valence electrons. The van der Waals surface area contributed by atoms with E-state index in [1.54, 1.807) is 30.0 Å². The smallest absolute Gasteiger partial charge is 0.207 e. The number of halogens is 2. The van der Waals surface area contributed by atoms with Gasteiger partial charge in [0, 0.05) is 20.2 Å². The van der Waals surface area contributed by atoms with Crippen LogP contribution in [-0.4, -0.2) is 26.0 Å². The van der Waals surface area contributed by atoms with Crippen molar-refractivity contribution in [2.24, 2.45) is 0 Å². The van der Waals surface area contributed by atoms with E-state index < -0.39 is 10.0 Å². The lowest BCUT2D eigenvalue weighted by Crippen LogP contribution is -2.38. The molecule has 2 unspecified atom stereocenters. The van der Waals surface area contributed by atoms with Gasteiger partial charge in [0.2, 0.25) is 10.0 Å². The minimum absolute atomic E-state index is 0.0375. The fourth-order valence-electron chi connectivity index (χ4n) is 2.30. The molecule has 0 saturated heterocycles. The molecule has 0 spiro atoms. The molecule has 0 aromatic heterocycles. The van der Waals surface area contributed by atoms with E-state index in [2.05, 4.69) is 36.6 Å². The minimum atomic E-state index is -3.47. The molecule has 3 nitrogen and oxygen atoms in total. The van der Waals surface area contributed by atoms with E-state index in [1.165, 1.54) is 0 Å². The Kier molecular flexibility index (Phi) is 5.39. The zero-order valence-electron chi connectivity index (χ0n) is 10.4. The van der Waals surface area contributed by atoms with Gasteiger partial charge < -0.3 is 0 Å². The molecule has 1 aliphatic carbocycles.